The van der Waals surface area contributed by atoms with Crippen LogP contribution in [0, 0.1) is 11.8 Å². The Morgan fingerprint density at radius 1 is 1.25 bits per heavy atom. The number of hydrogen-bond acceptors (Lipinski definition) is 5. The zero-order valence-electron chi connectivity index (χ0n) is 14.2. The maximum atomic E-state index is 12.1. The number of rotatable bonds is 5. The van der Waals surface area contributed by atoms with E-state index in [0.717, 1.165) is 38.4 Å². The monoisotopic (exact) mass is 332 g/mol. The van der Waals surface area contributed by atoms with Crippen molar-refractivity contribution in [3.05, 3.63) is 24.3 Å². The van der Waals surface area contributed by atoms with Crippen LogP contribution in [0.5, 0.6) is 0 Å². The van der Waals surface area contributed by atoms with Gasteiger partial charge in [-0.25, -0.2) is 0 Å². The van der Waals surface area contributed by atoms with Crippen LogP contribution in [-0.2, 0) is 19.1 Å². The summed E-state index contributed by atoms with van der Waals surface area (Å²) in [4.78, 5) is 26.2. The number of carbonyl (C=O) groups is 2. The fourth-order valence-corrected chi connectivity index (χ4v) is 2.79. The van der Waals surface area contributed by atoms with Crippen LogP contribution in [0.25, 0.3) is 0 Å². The highest BCUT2D eigenvalue weighted by Crippen LogP contribution is 2.38. The number of morpholine rings is 1. The van der Waals surface area contributed by atoms with Gasteiger partial charge in [-0.2, -0.15) is 0 Å². The molecule has 1 amide bonds. The Morgan fingerprint density at radius 2 is 1.88 bits per heavy atom. The van der Waals surface area contributed by atoms with Gasteiger partial charge in [-0.05, 0) is 43.5 Å². The Balaban J connectivity index is 1.51. The van der Waals surface area contributed by atoms with Gasteiger partial charge in [-0.15, -0.1) is 0 Å². The van der Waals surface area contributed by atoms with Gasteiger partial charge in [0.2, 0.25) is 0 Å². The maximum Gasteiger partial charge on any atom is 0.309 e. The van der Waals surface area contributed by atoms with Gasteiger partial charge in [0.15, 0.2) is 6.10 Å². The number of amides is 1. The number of benzene rings is 1. The summed E-state index contributed by atoms with van der Waals surface area (Å²) < 4.78 is 10.6. The van der Waals surface area contributed by atoms with E-state index in [1.54, 1.807) is 6.92 Å². The summed E-state index contributed by atoms with van der Waals surface area (Å²) in [6.45, 7) is 6.83. The van der Waals surface area contributed by atoms with E-state index in [0.29, 0.717) is 11.6 Å². The van der Waals surface area contributed by atoms with Crippen molar-refractivity contribution in [3.8, 4) is 0 Å². The molecule has 1 saturated heterocycles. The number of esters is 1. The largest absolute Gasteiger partial charge is 0.452 e. The number of ether oxygens (including phenoxy) is 2. The first kappa shape index (κ1) is 16.8. The molecule has 0 bridgehead atoms. The minimum atomic E-state index is -0.788. The zero-order valence-corrected chi connectivity index (χ0v) is 14.2. The summed E-state index contributed by atoms with van der Waals surface area (Å²) in [5.41, 5.74) is 1.80. The number of carbonyl (C=O) groups excluding carboxylic acids is 2. The second-order valence-corrected chi connectivity index (χ2v) is 6.53. The van der Waals surface area contributed by atoms with Gasteiger partial charge in [-0.3, -0.25) is 9.59 Å². The third-order valence-corrected chi connectivity index (χ3v) is 4.59. The van der Waals surface area contributed by atoms with E-state index in [9.17, 15) is 9.59 Å². The summed E-state index contributed by atoms with van der Waals surface area (Å²) in [5.74, 6) is -0.239. The van der Waals surface area contributed by atoms with Crippen LogP contribution in [0.1, 0.15) is 20.3 Å². The minimum absolute atomic E-state index is 0.0342. The Morgan fingerprint density at radius 3 is 2.46 bits per heavy atom. The van der Waals surface area contributed by atoms with Crippen LogP contribution in [0.4, 0.5) is 11.4 Å². The third kappa shape index (κ3) is 4.06. The van der Waals surface area contributed by atoms with Crippen molar-refractivity contribution in [2.45, 2.75) is 26.4 Å². The molecule has 130 valence electrons. The average molecular weight is 332 g/mol. The lowest BCUT2D eigenvalue weighted by molar-refractivity contribution is -0.154. The second kappa shape index (κ2) is 7.21. The smallest absolute Gasteiger partial charge is 0.309 e. The van der Waals surface area contributed by atoms with E-state index in [4.69, 9.17) is 9.47 Å². The van der Waals surface area contributed by atoms with E-state index < -0.39 is 6.10 Å². The van der Waals surface area contributed by atoms with Crippen molar-refractivity contribution in [2.24, 2.45) is 11.8 Å². The minimum Gasteiger partial charge on any atom is -0.452 e. The van der Waals surface area contributed by atoms with Crippen molar-refractivity contribution in [3.63, 3.8) is 0 Å². The highest BCUT2D eigenvalue weighted by molar-refractivity contribution is 5.95. The molecule has 1 saturated carbocycles. The van der Waals surface area contributed by atoms with E-state index in [2.05, 4.69) is 10.2 Å². The van der Waals surface area contributed by atoms with Crippen molar-refractivity contribution >= 4 is 23.3 Å². The first-order chi connectivity index (χ1) is 11.5. The van der Waals surface area contributed by atoms with Crippen LogP contribution in [-0.4, -0.2) is 44.3 Å². The van der Waals surface area contributed by atoms with Crippen LogP contribution in [0.3, 0.4) is 0 Å². The zero-order chi connectivity index (χ0) is 17.1. The summed E-state index contributed by atoms with van der Waals surface area (Å²) in [5, 5.41) is 2.79. The summed E-state index contributed by atoms with van der Waals surface area (Å²) in [7, 11) is 0. The molecule has 24 heavy (non-hydrogen) atoms. The Kier molecular flexibility index (Phi) is 5.04. The summed E-state index contributed by atoms with van der Waals surface area (Å²) in [6, 6.07) is 7.67. The van der Waals surface area contributed by atoms with Crippen molar-refractivity contribution in [1.82, 2.24) is 0 Å². The molecule has 2 aliphatic rings. The van der Waals surface area contributed by atoms with E-state index >= 15 is 0 Å². The van der Waals surface area contributed by atoms with Crippen LogP contribution in [0.15, 0.2) is 24.3 Å². The van der Waals surface area contributed by atoms with Crippen LogP contribution >= 0.6 is 0 Å². The molecule has 3 atom stereocenters. The van der Waals surface area contributed by atoms with E-state index in [1.807, 2.05) is 31.2 Å². The van der Waals surface area contributed by atoms with Gasteiger partial charge in [0.1, 0.15) is 0 Å². The molecule has 1 aliphatic heterocycles. The molecule has 0 unspecified atom stereocenters. The average Bonchev–Trinajstić information content (AvgIpc) is 3.33. The third-order valence-electron chi connectivity index (χ3n) is 4.59. The van der Waals surface area contributed by atoms with Gasteiger partial charge < -0.3 is 19.7 Å². The van der Waals surface area contributed by atoms with Crippen molar-refractivity contribution in [2.75, 3.05) is 36.5 Å². The van der Waals surface area contributed by atoms with Crippen LogP contribution in [0.2, 0.25) is 0 Å². The van der Waals surface area contributed by atoms with Crippen molar-refractivity contribution < 1.29 is 19.1 Å². The molecule has 2 fully saturated rings. The topological polar surface area (TPSA) is 67.9 Å². The SMILES string of the molecule is C[C@H](OC(=O)[C@H]1C[C@H]1C)C(=O)Nc1ccc(N2CCOCC2)cc1. The fourth-order valence-electron chi connectivity index (χ4n) is 2.79. The molecular weight excluding hydrogens is 308 g/mol. The molecular formula is C18H24N2O4. The Hall–Kier alpha value is -2.08. The van der Waals surface area contributed by atoms with Gasteiger partial charge in [0.25, 0.3) is 5.91 Å². The second-order valence-electron chi connectivity index (χ2n) is 6.53. The molecule has 0 aromatic heterocycles. The molecule has 0 spiro atoms. The first-order valence-electron chi connectivity index (χ1n) is 8.48. The summed E-state index contributed by atoms with van der Waals surface area (Å²) >= 11 is 0. The molecule has 1 N–H and O–H groups in total. The normalized spacial score (nSPS) is 24.2. The molecule has 1 aromatic carbocycles. The highest BCUT2D eigenvalue weighted by atomic mass is 16.5. The van der Waals surface area contributed by atoms with Crippen molar-refractivity contribution in [1.29, 1.82) is 0 Å². The predicted octanol–water partition coefficient (Wildman–Crippen LogP) is 2.05. The van der Waals surface area contributed by atoms with Gasteiger partial charge >= 0.3 is 5.97 Å². The molecule has 0 radical (unpaired) electrons. The van der Waals surface area contributed by atoms with Gasteiger partial charge in [0, 0.05) is 24.5 Å². The molecule has 1 aliphatic carbocycles. The van der Waals surface area contributed by atoms with Gasteiger partial charge in [-0.1, -0.05) is 6.92 Å². The highest BCUT2D eigenvalue weighted by Gasteiger charge is 2.41. The first-order valence-corrected chi connectivity index (χ1v) is 8.48. The van der Waals surface area contributed by atoms with E-state index in [-0.39, 0.29) is 17.8 Å². The number of hydrogen-bond donors (Lipinski definition) is 1. The van der Waals surface area contributed by atoms with Gasteiger partial charge in [0.05, 0.1) is 19.1 Å². The fraction of sp³-hybridized carbons (Fsp3) is 0.556. The maximum absolute atomic E-state index is 12.1. The standard InChI is InChI=1S/C18H24N2O4/c1-12-11-16(12)18(22)24-13(2)17(21)19-14-3-5-15(6-4-14)20-7-9-23-10-8-20/h3-6,12-13,16H,7-11H2,1-2H3,(H,19,21)/t12-,13+,16+/m1/s1. The molecule has 1 heterocycles. The molecule has 3 rings (SSSR count). The predicted molar refractivity (Wildman–Crippen MR) is 90.9 cm³/mol. The molecule has 1 aromatic rings. The molecule has 6 nitrogen and oxygen atoms in total. The lowest BCUT2D eigenvalue weighted by Gasteiger charge is -2.28. The Bertz CT molecular complexity index is 596. The van der Waals surface area contributed by atoms with E-state index in [1.165, 1.54) is 0 Å². The lowest BCUT2D eigenvalue weighted by atomic mass is 10.2. The lowest BCUT2D eigenvalue weighted by Crippen LogP contribution is -2.36. The van der Waals surface area contributed by atoms with Crippen LogP contribution < -0.4 is 10.2 Å². The molecule has 6 heteroatoms. The number of nitrogens with one attached hydrogen (secondary N) is 1. The quantitative estimate of drug-likeness (QED) is 0.836. The number of anilines is 2. The summed E-state index contributed by atoms with van der Waals surface area (Å²) in [6.07, 6.45) is 0.0696. The Labute approximate surface area is 142 Å². The number of nitrogens with zero attached hydrogens (tertiary/aromatic N) is 1.